The number of para-hydroxylation sites is 2. The minimum Gasteiger partial charge on any atom is -0.390 e. The molecule has 0 aliphatic rings. The maximum atomic E-state index is 10.4. The molecule has 4 heteroatoms. The zero-order chi connectivity index (χ0) is 16.2. The van der Waals surface area contributed by atoms with Crippen LogP contribution in [0.25, 0.3) is 21.8 Å². The molecule has 4 nitrogen and oxygen atoms in total. The van der Waals surface area contributed by atoms with Crippen molar-refractivity contribution in [1.29, 1.82) is 0 Å². The van der Waals surface area contributed by atoms with Gasteiger partial charge >= 0.3 is 0 Å². The second-order valence-corrected chi connectivity index (χ2v) is 6.12. The van der Waals surface area contributed by atoms with Crippen LogP contribution in [0.3, 0.4) is 0 Å². The highest BCUT2D eigenvalue weighted by Crippen LogP contribution is 2.28. The number of benzene rings is 2. The van der Waals surface area contributed by atoms with Crippen LogP contribution in [0.2, 0.25) is 0 Å². The van der Waals surface area contributed by atoms with E-state index >= 15 is 0 Å². The summed E-state index contributed by atoms with van der Waals surface area (Å²) in [5.41, 5.74) is 2.31. The third kappa shape index (κ3) is 3.24. The number of aromatic nitrogens is 1. The zero-order valence-electron chi connectivity index (χ0n) is 13.5. The monoisotopic (exact) mass is 313 g/mol. The molecule has 2 aromatic carbocycles. The third-order valence-corrected chi connectivity index (χ3v) is 4.57. The molecule has 122 valence electrons. The molecule has 3 aromatic rings. The predicted octanol–water partition coefficient (Wildman–Crippen LogP) is 1.49. The van der Waals surface area contributed by atoms with Gasteiger partial charge in [-0.3, -0.25) is 0 Å². The Kier molecular flexibility index (Phi) is 4.96. The van der Waals surface area contributed by atoms with E-state index in [1.54, 1.807) is 0 Å². The molecule has 2 atom stereocenters. The van der Waals surface area contributed by atoms with Crippen LogP contribution < -0.4 is 5.32 Å². The molecule has 0 saturated carbocycles. The number of nitrogens with two attached hydrogens (primary N) is 1. The Bertz CT molecular complexity index is 724. The molecule has 4 N–H and O–H groups in total. The van der Waals surface area contributed by atoms with Crippen molar-refractivity contribution in [2.75, 3.05) is 13.2 Å². The van der Waals surface area contributed by atoms with Gasteiger partial charge in [-0.25, -0.2) is 0 Å². The van der Waals surface area contributed by atoms with E-state index in [-0.39, 0.29) is 12.6 Å². The molecule has 0 aliphatic carbocycles. The SMILES string of the molecule is CC[C@@H](CO)[NH2+]C[C@H](O)Cn1c2ccccc2c2ccccc21. The Morgan fingerprint density at radius 3 is 2.09 bits per heavy atom. The van der Waals surface area contributed by atoms with Gasteiger partial charge in [0.1, 0.15) is 18.7 Å². The van der Waals surface area contributed by atoms with Gasteiger partial charge in [-0.05, 0) is 18.6 Å². The number of hydrogen-bond acceptors (Lipinski definition) is 2. The summed E-state index contributed by atoms with van der Waals surface area (Å²) in [6, 6.07) is 16.8. The topological polar surface area (TPSA) is 62.0 Å². The van der Waals surface area contributed by atoms with Crippen molar-refractivity contribution in [1.82, 2.24) is 4.57 Å². The molecule has 0 fully saturated rings. The molecule has 23 heavy (non-hydrogen) atoms. The molecule has 1 aromatic heterocycles. The molecule has 1 heterocycles. The van der Waals surface area contributed by atoms with E-state index in [1.807, 2.05) is 17.4 Å². The van der Waals surface area contributed by atoms with Gasteiger partial charge in [-0.2, -0.15) is 0 Å². The van der Waals surface area contributed by atoms with Crippen molar-refractivity contribution in [3.8, 4) is 0 Å². The Morgan fingerprint density at radius 1 is 1.00 bits per heavy atom. The number of quaternary nitrogens is 1. The molecule has 3 rings (SSSR count). The van der Waals surface area contributed by atoms with Gasteiger partial charge in [-0.1, -0.05) is 43.3 Å². The minimum absolute atomic E-state index is 0.151. The first-order chi connectivity index (χ1) is 11.2. The van der Waals surface area contributed by atoms with Gasteiger partial charge in [0.05, 0.1) is 13.2 Å². The van der Waals surface area contributed by atoms with Crippen molar-refractivity contribution in [3.63, 3.8) is 0 Å². The van der Waals surface area contributed by atoms with E-state index in [0.717, 1.165) is 17.5 Å². The highest BCUT2D eigenvalue weighted by Gasteiger charge is 2.16. The molecular formula is C19H25N2O2+. The van der Waals surface area contributed by atoms with Crippen LogP contribution in [-0.4, -0.2) is 40.1 Å². The van der Waals surface area contributed by atoms with Gasteiger partial charge < -0.3 is 20.1 Å². The highest BCUT2D eigenvalue weighted by molar-refractivity contribution is 6.07. The van der Waals surface area contributed by atoms with Crippen LogP contribution in [0.1, 0.15) is 13.3 Å². The molecular weight excluding hydrogens is 288 g/mol. The first-order valence-electron chi connectivity index (χ1n) is 8.32. The first-order valence-corrected chi connectivity index (χ1v) is 8.32. The summed E-state index contributed by atoms with van der Waals surface area (Å²) in [6.45, 7) is 3.36. The fourth-order valence-electron chi connectivity index (χ4n) is 3.21. The second kappa shape index (κ2) is 7.13. The maximum Gasteiger partial charge on any atom is 0.121 e. The average molecular weight is 313 g/mol. The Morgan fingerprint density at radius 2 is 1.57 bits per heavy atom. The zero-order valence-corrected chi connectivity index (χ0v) is 13.5. The summed E-state index contributed by atoms with van der Waals surface area (Å²) >= 11 is 0. The molecule has 0 bridgehead atoms. The van der Waals surface area contributed by atoms with Crippen LogP contribution in [-0.2, 0) is 6.54 Å². The summed E-state index contributed by atoms with van der Waals surface area (Å²) in [6.07, 6.45) is 0.452. The summed E-state index contributed by atoms with van der Waals surface area (Å²) in [5.74, 6) is 0. The third-order valence-electron chi connectivity index (χ3n) is 4.57. The number of nitrogens with zero attached hydrogens (tertiary/aromatic N) is 1. The highest BCUT2D eigenvalue weighted by atomic mass is 16.3. The van der Waals surface area contributed by atoms with Gasteiger partial charge in [0.2, 0.25) is 0 Å². The summed E-state index contributed by atoms with van der Waals surface area (Å²) < 4.78 is 2.20. The van der Waals surface area contributed by atoms with Crippen molar-refractivity contribution < 1.29 is 15.5 Å². The normalized spacial score (nSPS) is 14.4. The fourth-order valence-corrected chi connectivity index (χ4v) is 3.21. The van der Waals surface area contributed by atoms with Gasteiger partial charge in [0, 0.05) is 21.8 Å². The largest absolute Gasteiger partial charge is 0.390 e. The summed E-state index contributed by atoms with van der Waals surface area (Å²) in [7, 11) is 0. The smallest absolute Gasteiger partial charge is 0.121 e. The fraction of sp³-hybridized carbons (Fsp3) is 0.368. The lowest BCUT2D eigenvalue weighted by atomic mass is 10.2. The summed E-state index contributed by atoms with van der Waals surface area (Å²) in [4.78, 5) is 0. The molecule has 0 amide bonds. The predicted molar refractivity (Wildman–Crippen MR) is 93.4 cm³/mol. The standard InChI is InChI=1S/C19H24N2O2/c1-2-14(13-22)20-11-15(23)12-21-18-9-5-3-7-16(18)17-8-4-6-10-19(17)21/h3-10,14-15,20,22-23H,2,11-13H2,1H3/p+1/t14-,15-/m0/s1. The molecule has 0 spiro atoms. The minimum atomic E-state index is -0.449. The van der Waals surface area contributed by atoms with E-state index in [2.05, 4.69) is 47.9 Å². The lowest BCUT2D eigenvalue weighted by molar-refractivity contribution is -0.696. The van der Waals surface area contributed by atoms with E-state index in [9.17, 15) is 10.2 Å². The average Bonchev–Trinajstić information content (AvgIpc) is 2.90. The van der Waals surface area contributed by atoms with Crippen molar-refractivity contribution in [2.45, 2.75) is 32.0 Å². The quantitative estimate of drug-likeness (QED) is 0.619. The Hall–Kier alpha value is -1.88. The van der Waals surface area contributed by atoms with Gasteiger partial charge in [0.25, 0.3) is 0 Å². The lowest BCUT2D eigenvalue weighted by Crippen LogP contribution is -2.92. The number of aliphatic hydroxyl groups excluding tert-OH is 2. The van der Waals surface area contributed by atoms with Crippen molar-refractivity contribution >= 4 is 21.8 Å². The Balaban J connectivity index is 1.86. The van der Waals surface area contributed by atoms with Crippen molar-refractivity contribution in [2.24, 2.45) is 0 Å². The van der Waals surface area contributed by atoms with Gasteiger partial charge in [0.15, 0.2) is 0 Å². The molecule has 0 unspecified atom stereocenters. The molecule has 0 radical (unpaired) electrons. The number of rotatable bonds is 7. The number of hydrogen-bond donors (Lipinski definition) is 3. The van der Waals surface area contributed by atoms with Gasteiger partial charge in [-0.15, -0.1) is 0 Å². The van der Waals surface area contributed by atoms with E-state index in [4.69, 9.17) is 0 Å². The van der Waals surface area contributed by atoms with E-state index in [0.29, 0.717) is 13.1 Å². The number of aliphatic hydroxyl groups is 2. The lowest BCUT2D eigenvalue weighted by Gasteiger charge is -2.16. The van der Waals surface area contributed by atoms with Crippen LogP contribution in [0, 0.1) is 0 Å². The Labute approximate surface area is 136 Å². The van der Waals surface area contributed by atoms with Crippen LogP contribution in [0.15, 0.2) is 48.5 Å². The molecule has 0 saturated heterocycles. The van der Waals surface area contributed by atoms with Crippen LogP contribution in [0.5, 0.6) is 0 Å². The van der Waals surface area contributed by atoms with Crippen LogP contribution in [0.4, 0.5) is 0 Å². The maximum absolute atomic E-state index is 10.4. The summed E-state index contributed by atoms with van der Waals surface area (Å²) in [5, 5.41) is 24.2. The van der Waals surface area contributed by atoms with Crippen LogP contribution >= 0.6 is 0 Å². The van der Waals surface area contributed by atoms with E-state index in [1.165, 1.54) is 10.8 Å². The number of fused-ring (bicyclic) bond motifs is 3. The second-order valence-electron chi connectivity index (χ2n) is 6.12. The van der Waals surface area contributed by atoms with E-state index < -0.39 is 6.10 Å². The van der Waals surface area contributed by atoms with Crippen molar-refractivity contribution in [3.05, 3.63) is 48.5 Å². The molecule has 0 aliphatic heterocycles. The first kappa shape index (κ1) is 16.0.